The van der Waals surface area contributed by atoms with Crippen molar-refractivity contribution >= 4 is 29.1 Å². The van der Waals surface area contributed by atoms with Crippen LogP contribution in [0.15, 0.2) is 48.5 Å². The molecule has 0 unspecified atom stereocenters. The Labute approximate surface area is 174 Å². The lowest BCUT2D eigenvalue weighted by molar-refractivity contribution is -0.384. The van der Waals surface area contributed by atoms with Crippen molar-refractivity contribution in [3.63, 3.8) is 0 Å². The van der Waals surface area contributed by atoms with Crippen LogP contribution < -0.4 is 10.2 Å². The number of esters is 1. The van der Waals surface area contributed by atoms with Crippen LogP contribution in [0.1, 0.15) is 23.7 Å². The number of hydrogen-bond acceptors (Lipinski definition) is 6. The molecule has 0 radical (unpaired) electrons. The van der Waals surface area contributed by atoms with Crippen LogP contribution in [-0.2, 0) is 4.74 Å². The number of hydrogen-bond donors (Lipinski definition) is 1. The monoisotopic (exact) mass is 412 g/mol. The molecule has 1 N–H and O–H groups in total. The van der Waals surface area contributed by atoms with E-state index in [0.717, 1.165) is 6.42 Å². The molecule has 1 saturated heterocycles. The number of nitrogens with zero attached hydrogens (tertiary/aromatic N) is 3. The van der Waals surface area contributed by atoms with Crippen LogP contribution in [0, 0.1) is 10.1 Å². The molecule has 2 aromatic rings. The van der Waals surface area contributed by atoms with E-state index < -0.39 is 4.92 Å². The summed E-state index contributed by atoms with van der Waals surface area (Å²) in [7, 11) is 0. The number of ether oxygens (including phenoxy) is 1. The van der Waals surface area contributed by atoms with Crippen LogP contribution in [0.25, 0.3) is 0 Å². The standard InChI is InChI=1S/C21H24N4O5/c1-2-15-30-20(26)16-7-9-17(10-8-16)22-21(27)24-13-11-23(12-14-24)18-5-3-4-6-19(18)25(28)29/h3-10H,2,11-15H2,1H3,(H,22,27). The average Bonchev–Trinajstić information content (AvgIpc) is 2.78. The molecular weight excluding hydrogens is 388 g/mol. The van der Waals surface area contributed by atoms with Crippen LogP contribution in [0.5, 0.6) is 0 Å². The number of nitro benzene ring substituents is 1. The van der Waals surface area contributed by atoms with Gasteiger partial charge in [-0.15, -0.1) is 0 Å². The van der Waals surface area contributed by atoms with Crippen molar-refractivity contribution in [1.29, 1.82) is 0 Å². The lowest BCUT2D eigenvalue weighted by atomic mass is 10.2. The highest BCUT2D eigenvalue weighted by molar-refractivity contribution is 5.92. The van der Waals surface area contributed by atoms with E-state index in [1.54, 1.807) is 47.4 Å². The SMILES string of the molecule is CCCOC(=O)c1ccc(NC(=O)N2CCN(c3ccccc3[N+](=O)[O-])CC2)cc1. The molecule has 3 rings (SSSR count). The first-order chi connectivity index (χ1) is 14.5. The summed E-state index contributed by atoms with van der Waals surface area (Å²) in [6.07, 6.45) is 0.755. The molecule has 2 aromatic carbocycles. The second-order valence-electron chi connectivity index (χ2n) is 6.86. The summed E-state index contributed by atoms with van der Waals surface area (Å²) in [5.74, 6) is -0.388. The molecule has 9 nitrogen and oxygen atoms in total. The predicted octanol–water partition coefficient (Wildman–Crippen LogP) is 3.52. The number of nitrogens with one attached hydrogen (secondary N) is 1. The summed E-state index contributed by atoms with van der Waals surface area (Å²) in [5.41, 5.74) is 1.63. The molecule has 0 aromatic heterocycles. The minimum atomic E-state index is -0.393. The van der Waals surface area contributed by atoms with Gasteiger partial charge < -0.3 is 19.9 Å². The van der Waals surface area contributed by atoms with Crippen molar-refractivity contribution < 1.29 is 19.2 Å². The number of carbonyl (C=O) groups excluding carboxylic acids is 2. The zero-order chi connectivity index (χ0) is 21.5. The van der Waals surface area contributed by atoms with E-state index in [-0.39, 0.29) is 17.7 Å². The predicted molar refractivity (Wildman–Crippen MR) is 113 cm³/mol. The Kier molecular flexibility index (Phi) is 6.84. The van der Waals surface area contributed by atoms with Crippen LogP contribution in [-0.4, -0.2) is 54.6 Å². The number of urea groups is 1. The highest BCUT2D eigenvalue weighted by atomic mass is 16.6. The van der Waals surface area contributed by atoms with E-state index in [0.29, 0.717) is 49.7 Å². The van der Waals surface area contributed by atoms with Gasteiger partial charge in [-0.1, -0.05) is 19.1 Å². The van der Waals surface area contributed by atoms with Crippen molar-refractivity contribution in [2.45, 2.75) is 13.3 Å². The molecule has 1 fully saturated rings. The second kappa shape index (κ2) is 9.73. The molecule has 158 valence electrons. The van der Waals surface area contributed by atoms with Gasteiger partial charge in [-0.05, 0) is 36.8 Å². The minimum Gasteiger partial charge on any atom is -0.462 e. The second-order valence-corrected chi connectivity index (χ2v) is 6.86. The third-order valence-corrected chi connectivity index (χ3v) is 4.80. The lowest BCUT2D eigenvalue weighted by Crippen LogP contribution is -2.50. The van der Waals surface area contributed by atoms with Gasteiger partial charge >= 0.3 is 12.0 Å². The van der Waals surface area contributed by atoms with Crippen LogP contribution in [0.3, 0.4) is 0 Å². The number of para-hydroxylation sites is 2. The van der Waals surface area contributed by atoms with E-state index in [2.05, 4.69) is 5.32 Å². The third kappa shape index (κ3) is 5.05. The highest BCUT2D eigenvalue weighted by Gasteiger charge is 2.25. The zero-order valence-corrected chi connectivity index (χ0v) is 16.7. The van der Waals surface area contributed by atoms with E-state index in [1.807, 2.05) is 11.8 Å². The molecule has 0 saturated carbocycles. The van der Waals surface area contributed by atoms with Gasteiger partial charge in [0.2, 0.25) is 0 Å². The molecule has 1 heterocycles. The summed E-state index contributed by atoms with van der Waals surface area (Å²) in [6, 6.07) is 12.9. The summed E-state index contributed by atoms with van der Waals surface area (Å²) in [6.45, 7) is 4.18. The van der Waals surface area contributed by atoms with Gasteiger partial charge in [0.1, 0.15) is 5.69 Å². The number of rotatable bonds is 6. The molecular formula is C21H24N4O5. The fourth-order valence-corrected chi connectivity index (χ4v) is 3.21. The Morgan fingerprint density at radius 3 is 2.37 bits per heavy atom. The van der Waals surface area contributed by atoms with Crippen molar-refractivity contribution in [1.82, 2.24) is 4.90 Å². The molecule has 0 aliphatic carbocycles. The highest BCUT2D eigenvalue weighted by Crippen LogP contribution is 2.28. The van der Waals surface area contributed by atoms with E-state index in [1.165, 1.54) is 6.07 Å². The number of anilines is 2. The molecule has 1 aliphatic heterocycles. The maximum absolute atomic E-state index is 12.5. The topological polar surface area (TPSA) is 105 Å². The third-order valence-electron chi connectivity index (χ3n) is 4.80. The normalized spacial score (nSPS) is 13.6. The van der Waals surface area contributed by atoms with Crippen molar-refractivity contribution in [2.75, 3.05) is 43.0 Å². The number of carbonyl (C=O) groups is 2. The summed E-state index contributed by atoms with van der Waals surface area (Å²) >= 11 is 0. The van der Waals surface area contributed by atoms with E-state index in [9.17, 15) is 19.7 Å². The fourth-order valence-electron chi connectivity index (χ4n) is 3.21. The van der Waals surface area contributed by atoms with Crippen LogP contribution >= 0.6 is 0 Å². The Morgan fingerprint density at radius 1 is 1.07 bits per heavy atom. The Morgan fingerprint density at radius 2 is 1.73 bits per heavy atom. The van der Waals surface area contributed by atoms with Gasteiger partial charge in [0, 0.05) is 37.9 Å². The van der Waals surface area contributed by atoms with E-state index >= 15 is 0 Å². The van der Waals surface area contributed by atoms with Gasteiger partial charge in [0.15, 0.2) is 0 Å². The van der Waals surface area contributed by atoms with Crippen molar-refractivity contribution in [2.24, 2.45) is 0 Å². The van der Waals surface area contributed by atoms with Crippen LogP contribution in [0.4, 0.5) is 21.9 Å². The Bertz CT molecular complexity index is 908. The first-order valence-corrected chi connectivity index (χ1v) is 9.81. The van der Waals surface area contributed by atoms with E-state index in [4.69, 9.17) is 4.74 Å². The van der Waals surface area contributed by atoms with Gasteiger partial charge in [0.05, 0.1) is 17.1 Å². The Hall–Kier alpha value is -3.62. The quantitative estimate of drug-likeness (QED) is 0.442. The summed E-state index contributed by atoms with van der Waals surface area (Å²) in [5, 5.41) is 14.0. The molecule has 1 aliphatic rings. The average molecular weight is 412 g/mol. The van der Waals surface area contributed by atoms with Gasteiger partial charge in [-0.3, -0.25) is 10.1 Å². The fraction of sp³-hybridized carbons (Fsp3) is 0.333. The molecule has 0 spiro atoms. The molecule has 0 bridgehead atoms. The smallest absolute Gasteiger partial charge is 0.338 e. The molecule has 2 amide bonds. The van der Waals surface area contributed by atoms with Crippen molar-refractivity contribution in [3.05, 3.63) is 64.2 Å². The van der Waals surface area contributed by atoms with Crippen molar-refractivity contribution in [3.8, 4) is 0 Å². The number of piperazine rings is 1. The molecule has 9 heteroatoms. The molecule has 0 atom stereocenters. The number of benzene rings is 2. The van der Waals surface area contributed by atoms with Crippen LogP contribution in [0.2, 0.25) is 0 Å². The zero-order valence-electron chi connectivity index (χ0n) is 16.7. The minimum absolute atomic E-state index is 0.0629. The number of amides is 2. The number of nitro groups is 1. The largest absolute Gasteiger partial charge is 0.462 e. The van der Waals surface area contributed by atoms with Gasteiger partial charge in [-0.25, -0.2) is 9.59 Å². The first kappa shape index (κ1) is 21.1. The summed E-state index contributed by atoms with van der Waals surface area (Å²) in [4.78, 5) is 38.8. The van der Waals surface area contributed by atoms with Gasteiger partial charge in [-0.2, -0.15) is 0 Å². The molecule has 30 heavy (non-hydrogen) atoms. The Balaban J connectivity index is 1.55. The maximum Gasteiger partial charge on any atom is 0.338 e. The maximum atomic E-state index is 12.5. The lowest BCUT2D eigenvalue weighted by Gasteiger charge is -2.35. The first-order valence-electron chi connectivity index (χ1n) is 9.81. The van der Waals surface area contributed by atoms with Gasteiger partial charge in [0.25, 0.3) is 5.69 Å². The summed E-state index contributed by atoms with van der Waals surface area (Å²) < 4.78 is 5.08.